The number of urea groups is 1. The normalized spacial score (nSPS) is 16.3. The minimum absolute atomic E-state index is 0.0318. The SMILES string of the molecule is CC(C)Oc1ccc(NC(=O)N2CCN(C)CC2)cc1. The molecule has 0 spiro atoms. The third kappa shape index (κ3) is 4.13. The van der Waals surface area contributed by atoms with Gasteiger partial charge in [-0.1, -0.05) is 0 Å². The lowest BCUT2D eigenvalue weighted by Crippen LogP contribution is -2.48. The van der Waals surface area contributed by atoms with Crippen LogP contribution in [0.15, 0.2) is 24.3 Å². The number of benzene rings is 1. The molecule has 0 radical (unpaired) electrons. The van der Waals surface area contributed by atoms with Gasteiger partial charge in [-0.15, -0.1) is 0 Å². The Kier molecular flexibility index (Phi) is 4.84. The summed E-state index contributed by atoms with van der Waals surface area (Å²) < 4.78 is 5.57. The van der Waals surface area contributed by atoms with Crippen LogP contribution in [0.4, 0.5) is 10.5 Å². The van der Waals surface area contributed by atoms with E-state index in [4.69, 9.17) is 4.74 Å². The lowest BCUT2D eigenvalue weighted by atomic mass is 10.3. The molecule has 5 heteroatoms. The highest BCUT2D eigenvalue weighted by Gasteiger charge is 2.18. The van der Waals surface area contributed by atoms with Crippen LogP contribution in [0.25, 0.3) is 0 Å². The summed E-state index contributed by atoms with van der Waals surface area (Å²) in [7, 11) is 2.07. The maximum atomic E-state index is 12.1. The number of carbonyl (C=O) groups is 1. The van der Waals surface area contributed by atoms with Gasteiger partial charge in [-0.2, -0.15) is 0 Å². The van der Waals surface area contributed by atoms with E-state index >= 15 is 0 Å². The molecule has 20 heavy (non-hydrogen) atoms. The number of likely N-dealkylation sites (N-methyl/N-ethyl adjacent to an activating group) is 1. The van der Waals surface area contributed by atoms with Gasteiger partial charge < -0.3 is 19.9 Å². The Morgan fingerprint density at radius 2 is 1.75 bits per heavy atom. The zero-order chi connectivity index (χ0) is 14.5. The van der Waals surface area contributed by atoms with Gasteiger partial charge in [0.2, 0.25) is 0 Å². The minimum atomic E-state index is -0.0318. The fraction of sp³-hybridized carbons (Fsp3) is 0.533. The van der Waals surface area contributed by atoms with Gasteiger partial charge in [-0.05, 0) is 45.2 Å². The van der Waals surface area contributed by atoms with Crippen LogP contribution >= 0.6 is 0 Å². The smallest absolute Gasteiger partial charge is 0.321 e. The van der Waals surface area contributed by atoms with Crippen molar-refractivity contribution in [2.75, 3.05) is 38.5 Å². The van der Waals surface area contributed by atoms with Crippen molar-refractivity contribution < 1.29 is 9.53 Å². The standard InChI is InChI=1S/C15H23N3O2/c1-12(2)20-14-6-4-13(5-7-14)16-15(19)18-10-8-17(3)9-11-18/h4-7,12H,8-11H2,1-3H3,(H,16,19). The molecule has 0 unspecified atom stereocenters. The van der Waals surface area contributed by atoms with Crippen molar-refractivity contribution in [1.29, 1.82) is 0 Å². The van der Waals surface area contributed by atoms with Gasteiger partial charge in [-0.25, -0.2) is 4.79 Å². The number of piperazine rings is 1. The molecule has 1 N–H and O–H groups in total. The number of ether oxygens (including phenoxy) is 1. The fourth-order valence-electron chi connectivity index (χ4n) is 2.10. The Morgan fingerprint density at radius 3 is 2.30 bits per heavy atom. The molecular formula is C15H23N3O2. The number of nitrogens with one attached hydrogen (secondary N) is 1. The number of hydrogen-bond acceptors (Lipinski definition) is 3. The summed E-state index contributed by atoms with van der Waals surface area (Å²) in [6.45, 7) is 7.38. The Bertz CT molecular complexity index is 437. The summed E-state index contributed by atoms with van der Waals surface area (Å²) in [6, 6.07) is 7.45. The van der Waals surface area contributed by atoms with E-state index in [0.29, 0.717) is 0 Å². The van der Waals surface area contributed by atoms with Crippen molar-refractivity contribution in [2.24, 2.45) is 0 Å². The summed E-state index contributed by atoms with van der Waals surface area (Å²) in [4.78, 5) is 16.2. The van der Waals surface area contributed by atoms with Crippen molar-refractivity contribution in [1.82, 2.24) is 9.80 Å². The van der Waals surface area contributed by atoms with E-state index in [9.17, 15) is 4.79 Å². The van der Waals surface area contributed by atoms with E-state index in [2.05, 4.69) is 17.3 Å². The molecule has 1 aliphatic heterocycles. The Morgan fingerprint density at radius 1 is 1.15 bits per heavy atom. The molecule has 1 saturated heterocycles. The van der Waals surface area contributed by atoms with Crippen LogP contribution in [0, 0.1) is 0 Å². The quantitative estimate of drug-likeness (QED) is 0.921. The molecule has 0 aliphatic carbocycles. The molecule has 0 bridgehead atoms. The monoisotopic (exact) mass is 277 g/mol. The molecule has 0 atom stereocenters. The van der Waals surface area contributed by atoms with Crippen LogP contribution in [0.2, 0.25) is 0 Å². The number of hydrogen-bond donors (Lipinski definition) is 1. The largest absolute Gasteiger partial charge is 0.491 e. The number of amides is 2. The highest BCUT2D eigenvalue weighted by Crippen LogP contribution is 2.17. The maximum absolute atomic E-state index is 12.1. The summed E-state index contributed by atoms with van der Waals surface area (Å²) in [5.74, 6) is 0.817. The van der Waals surface area contributed by atoms with Gasteiger partial charge in [0.05, 0.1) is 6.10 Å². The number of anilines is 1. The molecule has 0 saturated carbocycles. The van der Waals surface area contributed by atoms with Gasteiger partial charge in [-0.3, -0.25) is 0 Å². The molecule has 1 aromatic carbocycles. The van der Waals surface area contributed by atoms with E-state index in [-0.39, 0.29) is 12.1 Å². The molecule has 1 heterocycles. The summed E-state index contributed by atoms with van der Waals surface area (Å²) >= 11 is 0. The summed E-state index contributed by atoms with van der Waals surface area (Å²) in [6.07, 6.45) is 0.154. The minimum Gasteiger partial charge on any atom is -0.491 e. The Balaban J connectivity index is 1.88. The van der Waals surface area contributed by atoms with Crippen molar-refractivity contribution >= 4 is 11.7 Å². The van der Waals surface area contributed by atoms with E-state index in [1.807, 2.05) is 43.0 Å². The van der Waals surface area contributed by atoms with Crippen LogP contribution in [0.1, 0.15) is 13.8 Å². The molecule has 5 nitrogen and oxygen atoms in total. The van der Waals surface area contributed by atoms with Crippen LogP contribution < -0.4 is 10.1 Å². The maximum Gasteiger partial charge on any atom is 0.321 e. The second-order valence-corrected chi connectivity index (χ2v) is 5.41. The first-order valence-corrected chi connectivity index (χ1v) is 7.06. The first-order chi connectivity index (χ1) is 9.54. The van der Waals surface area contributed by atoms with Crippen molar-refractivity contribution in [3.05, 3.63) is 24.3 Å². The molecule has 2 amide bonds. The average Bonchev–Trinajstić information content (AvgIpc) is 2.41. The van der Waals surface area contributed by atoms with Gasteiger partial charge in [0, 0.05) is 31.9 Å². The van der Waals surface area contributed by atoms with E-state index in [0.717, 1.165) is 37.6 Å². The van der Waals surface area contributed by atoms with E-state index in [1.54, 1.807) is 0 Å². The second kappa shape index (κ2) is 6.61. The third-order valence-electron chi connectivity index (χ3n) is 3.27. The Hall–Kier alpha value is -1.75. The predicted octanol–water partition coefficient (Wildman–Crippen LogP) is 2.25. The molecule has 2 rings (SSSR count). The summed E-state index contributed by atoms with van der Waals surface area (Å²) in [5, 5.41) is 2.92. The van der Waals surface area contributed by atoms with Crippen molar-refractivity contribution in [3.63, 3.8) is 0 Å². The zero-order valence-electron chi connectivity index (χ0n) is 12.4. The molecule has 0 aromatic heterocycles. The van der Waals surface area contributed by atoms with Crippen LogP contribution in [0.5, 0.6) is 5.75 Å². The molecule has 110 valence electrons. The molecular weight excluding hydrogens is 254 g/mol. The Labute approximate surface area is 120 Å². The van der Waals surface area contributed by atoms with Crippen LogP contribution in [-0.2, 0) is 0 Å². The number of carbonyl (C=O) groups excluding carboxylic acids is 1. The fourth-order valence-corrected chi connectivity index (χ4v) is 2.10. The van der Waals surface area contributed by atoms with Crippen LogP contribution in [-0.4, -0.2) is 55.2 Å². The lowest BCUT2D eigenvalue weighted by Gasteiger charge is -2.32. The van der Waals surface area contributed by atoms with E-state index < -0.39 is 0 Å². The van der Waals surface area contributed by atoms with Gasteiger partial charge >= 0.3 is 6.03 Å². The van der Waals surface area contributed by atoms with Gasteiger partial charge in [0.15, 0.2) is 0 Å². The average molecular weight is 277 g/mol. The third-order valence-corrected chi connectivity index (χ3v) is 3.27. The van der Waals surface area contributed by atoms with Crippen molar-refractivity contribution in [3.8, 4) is 5.75 Å². The highest BCUT2D eigenvalue weighted by atomic mass is 16.5. The highest BCUT2D eigenvalue weighted by molar-refractivity contribution is 5.89. The summed E-state index contributed by atoms with van der Waals surface area (Å²) in [5.41, 5.74) is 0.796. The topological polar surface area (TPSA) is 44.8 Å². The van der Waals surface area contributed by atoms with E-state index in [1.165, 1.54) is 0 Å². The molecule has 1 aromatic rings. The van der Waals surface area contributed by atoms with Gasteiger partial charge in [0.1, 0.15) is 5.75 Å². The zero-order valence-corrected chi connectivity index (χ0v) is 12.4. The van der Waals surface area contributed by atoms with Gasteiger partial charge in [0.25, 0.3) is 0 Å². The van der Waals surface area contributed by atoms with Crippen molar-refractivity contribution in [2.45, 2.75) is 20.0 Å². The second-order valence-electron chi connectivity index (χ2n) is 5.41. The molecule has 1 aliphatic rings. The predicted molar refractivity (Wildman–Crippen MR) is 80.3 cm³/mol. The lowest BCUT2D eigenvalue weighted by molar-refractivity contribution is 0.164. The first-order valence-electron chi connectivity index (χ1n) is 7.06. The van der Waals surface area contributed by atoms with Crippen LogP contribution in [0.3, 0.4) is 0 Å². The first kappa shape index (κ1) is 14.7. The number of rotatable bonds is 3. The molecule has 1 fully saturated rings. The number of nitrogens with zero attached hydrogens (tertiary/aromatic N) is 2.